The van der Waals surface area contributed by atoms with E-state index in [0.717, 1.165) is 31.9 Å². The van der Waals surface area contributed by atoms with Crippen LogP contribution in [0.1, 0.15) is 45.7 Å². The molecule has 0 bridgehead atoms. The number of ketones is 2. The zero-order chi connectivity index (χ0) is 20.5. The number of rotatable bonds is 4. The van der Waals surface area contributed by atoms with Gasteiger partial charge in [-0.25, -0.2) is 0 Å². The largest absolute Gasteiger partial charge is 0.360 e. The number of fused-ring (bicyclic) bond motifs is 2. The lowest BCUT2D eigenvalue weighted by atomic mass is 9.83. The van der Waals surface area contributed by atoms with Gasteiger partial charge in [0.05, 0.1) is 31.7 Å². The molecule has 1 fully saturated rings. The molecule has 1 saturated heterocycles. The summed E-state index contributed by atoms with van der Waals surface area (Å²) in [5.74, 6) is -0.110. The minimum absolute atomic E-state index is 0.0675. The molecule has 0 unspecified atom stereocenters. The normalized spacial score (nSPS) is 16.6. The number of nitrogens with zero attached hydrogens (tertiary/aromatic N) is 1. The molecule has 4 rings (SSSR count). The van der Waals surface area contributed by atoms with E-state index in [1.54, 1.807) is 30.3 Å². The van der Waals surface area contributed by atoms with Crippen LogP contribution in [0.25, 0.3) is 0 Å². The standard InChI is InChI=1S/C23H25N3O3/c1-15(2)24-20(27)14-25-10-12-26(13-11-25)19-9-5-8-18-21(19)23(29)17-7-4-3-6-16(17)22(18)28/h3-9,15H,10-14H2,1-2H3,(H,24,27)/p+1. The van der Waals surface area contributed by atoms with Crippen LogP contribution in [0.3, 0.4) is 0 Å². The molecule has 150 valence electrons. The zero-order valence-corrected chi connectivity index (χ0v) is 16.8. The molecular formula is C23H26N3O3+. The van der Waals surface area contributed by atoms with Gasteiger partial charge in [0, 0.05) is 28.4 Å². The molecular weight excluding hydrogens is 366 g/mol. The molecule has 1 aliphatic carbocycles. The molecule has 0 radical (unpaired) electrons. The Kier molecular flexibility index (Phi) is 5.20. The highest BCUT2D eigenvalue weighted by Crippen LogP contribution is 2.33. The molecule has 1 aliphatic heterocycles. The van der Waals surface area contributed by atoms with Gasteiger partial charge in [-0.15, -0.1) is 0 Å². The van der Waals surface area contributed by atoms with Gasteiger partial charge in [0.15, 0.2) is 18.1 Å². The fourth-order valence-electron chi connectivity index (χ4n) is 4.23. The zero-order valence-electron chi connectivity index (χ0n) is 16.8. The number of carbonyl (C=O) groups excluding carboxylic acids is 3. The number of hydrogen-bond donors (Lipinski definition) is 2. The quantitative estimate of drug-likeness (QED) is 0.686. The molecule has 6 nitrogen and oxygen atoms in total. The molecule has 2 aromatic carbocycles. The topological polar surface area (TPSA) is 70.9 Å². The van der Waals surface area contributed by atoms with Gasteiger partial charge in [0.2, 0.25) is 0 Å². The molecule has 0 spiro atoms. The Hall–Kier alpha value is -2.99. The lowest BCUT2D eigenvalue weighted by molar-refractivity contribution is -0.892. The van der Waals surface area contributed by atoms with E-state index in [9.17, 15) is 14.4 Å². The van der Waals surface area contributed by atoms with E-state index in [1.807, 2.05) is 26.0 Å². The summed E-state index contributed by atoms with van der Waals surface area (Å²) in [4.78, 5) is 41.6. The van der Waals surface area contributed by atoms with Gasteiger partial charge in [-0.2, -0.15) is 0 Å². The van der Waals surface area contributed by atoms with Crippen molar-refractivity contribution >= 4 is 23.2 Å². The maximum absolute atomic E-state index is 13.2. The van der Waals surface area contributed by atoms with Crippen LogP contribution in [0.5, 0.6) is 0 Å². The Morgan fingerprint density at radius 2 is 1.59 bits per heavy atom. The number of hydrogen-bond acceptors (Lipinski definition) is 4. The van der Waals surface area contributed by atoms with Crippen molar-refractivity contribution in [2.75, 3.05) is 37.6 Å². The van der Waals surface area contributed by atoms with Crippen molar-refractivity contribution < 1.29 is 19.3 Å². The third kappa shape index (κ3) is 3.68. The fraction of sp³-hybridized carbons (Fsp3) is 0.348. The summed E-state index contributed by atoms with van der Waals surface area (Å²) in [5.41, 5.74) is 2.77. The maximum Gasteiger partial charge on any atom is 0.275 e. The molecule has 0 saturated carbocycles. The van der Waals surface area contributed by atoms with Gasteiger partial charge in [-0.3, -0.25) is 14.4 Å². The van der Waals surface area contributed by atoms with E-state index in [4.69, 9.17) is 0 Å². The van der Waals surface area contributed by atoms with Crippen LogP contribution < -0.4 is 15.1 Å². The van der Waals surface area contributed by atoms with E-state index in [0.29, 0.717) is 28.8 Å². The number of piperazine rings is 1. The van der Waals surface area contributed by atoms with E-state index in [2.05, 4.69) is 10.2 Å². The van der Waals surface area contributed by atoms with Crippen LogP contribution >= 0.6 is 0 Å². The third-order valence-corrected chi connectivity index (χ3v) is 5.60. The molecule has 1 heterocycles. The van der Waals surface area contributed by atoms with Gasteiger partial charge in [-0.05, 0) is 19.9 Å². The minimum atomic E-state index is -0.0910. The molecule has 29 heavy (non-hydrogen) atoms. The molecule has 2 N–H and O–H groups in total. The van der Waals surface area contributed by atoms with Crippen LogP contribution in [-0.2, 0) is 4.79 Å². The van der Waals surface area contributed by atoms with Gasteiger partial charge in [-0.1, -0.05) is 36.4 Å². The summed E-state index contributed by atoms with van der Waals surface area (Å²) in [7, 11) is 0. The van der Waals surface area contributed by atoms with Crippen LogP contribution in [0.15, 0.2) is 42.5 Å². The predicted molar refractivity (Wildman–Crippen MR) is 111 cm³/mol. The van der Waals surface area contributed by atoms with Gasteiger partial charge in [0.1, 0.15) is 0 Å². The molecule has 1 amide bonds. The van der Waals surface area contributed by atoms with E-state index in [1.165, 1.54) is 4.90 Å². The second kappa shape index (κ2) is 7.79. The summed E-state index contributed by atoms with van der Waals surface area (Å²) in [5, 5.41) is 2.94. The van der Waals surface area contributed by atoms with Crippen molar-refractivity contribution in [2.45, 2.75) is 19.9 Å². The number of benzene rings is 2. The molecule has 2 aliphatic rings. The SMILES string of the molecule is CC(C)NC(=O)C[NH+]1CCN(c2cccc3c2C(=O)c2ccccc2C3=O)CC1. The first-order valence-corrected chi connectivity index (χ1v) is 10.1. The van der Waals surface area contributed by atoms with E-state index < -0.39 is 0 Å². The molecule has 0 aromatic heterocycles. The monoisotopic (exact) mass is 392 g/mol. The first kappa shape index (κ1) is 19.3. The highest BCUT2D eigenvalue weighted by molar-refractivity contribution is 6.30. The number of amides is 1. The van der Waals surface area contributed by atoms with Crippen molar-refractivity contribution in [1.82, 2.24) is 5.32 Å². The van der Waals surface area contributed by atoms with Crippen LogP contribution in [-0.4, -0.2) is 56.2 Å². The first-order valence-electron chi connectivity index (χ1n) is 10.1. The number of carbonyl (C=O) groups is 3. The minimum Gasteiger partial charge on any atom is -0.360 e. The Labute approximate surface area is 170 Å². The number of nitrogens with one attached hydrogen (secondary N) is 2. The molecule has 0 atom stereocenters. The van der Waals surface area contributed by atoms with Crippen molar-refractivity contribution in [3.63, 3.8) is 0 Å². The smallest absolute Gasteiger partial charge is 0.275 e. The van der Waals surface area contributed by atoms with Crippen molar-refractivity contribution in [1.29, 1.82) is 0 Å². The van der Waals surface area contributed by atoms with Crippen molar-refractivity contribution in [3.05, 3.63) is 64.7 Å². The van der Waals surface area contributed by atoms with Crippen LogP contribution in [0.2, 0.25) is 0 Å². The maximum atomic E-state index is 13.2. The summed E-state index contributed by atoms with van der Waals surface area (Å²) >= 11 is 0. The number of anilines is 1. The van der Waals surface area contributed by atoms with Gasteiger partial charge >= 0.3 is 0 Å². The average molecular weight is 392 g/mol. The lowest BCUT2D eigenvalue weighted by Gasteiger charge is -2.35. The van der Waals surface area contributed by atoms with Gasteiger partial charge < -0.3 is 15.1 Å². The Balaban J connectivity index is 1.54. The second-order valence-electron chi connectivity index (χ2n) is 8.04. The Morgan fingerprint density at radius 3 is 2.24 bits per heavy atom. The molecule has 2 aromatic rings. The third-order valence-electron chi connectivity index (χ3n) is 5.60. The summed E-state index contributed by atoms with van der Waals surface area (Å²) in [6.45, 7) is 7.49. The summed E-state index contributed by atoms with van der Waals surface area (Å²) in [6.07, 6.45) is 0. The van der Waals surface area contributed by atoms with Gasteiger partial charge in [0.25, 0.3) is 5.91 Å². The van der Waals surface area contributed by atoms with Crippen LogP contribution in [0.4, 0.5) is 5.69 Å². The van der Waals surface area contributed by atoms with E-state index >= 15 is 0 Å². The second-order valence-corrected chi connectivity index (χ2v) is 8.04. The average Bonchev–Trinajstić information content (AvgIpc) is 2.71. The Morgan fingerprint density at radius 1 is 0.966 bits per heavy atom. The summed E-state index contributed by atoms with van der Waals surface area (Å²) in [6, 6.07) is 12.7. The van der Waals surface area contributed by atoms with Crippen LogP contribution in [0, 0.1) is 0 Å². The van der Waals surface area contributed by atoms with Crippen molar-refractivity contribution in [2.24, 2.45) is 0 Å². The highest BCUT2D eigenvalue weighted by Gasteiger charge is 2.33. The fourth-order valence-corrected chi connectivity index (χ4v) is 4.23. The Bertz CT molecular complexity index is 975. The number of quaternary nitrogens is 1. The lowest BCUT2D eigenvalue weighted by Crippen LogP contribution is -3.16. The highest BCUT2D eigenvalue weighted by atomic mass is 16.2. The van der Waals surface area contributed by atoms with E-state index in [-0.39, 0.29) is 23.5 Å². The van der Waals surface area contributed by atoms with Crippen molar-refractivity contribution in [3.8, 4) is 0 Å². The molecule has 6 heteroatoms. The predicted octanol–water partition coefficient (Wildman–Crippen LogP) is 0.692. The summed E-state index contributed by atoms with van der Waals surface area (Å²) < 4.78 is 0. The first-order chi connectivity index (χ1) is 14.0.